The van der Waals surface area contributed by atoms with E-state index in [1.54, 1.807) is 6.20 Å². The fourth-order valence-electron chi connectivity index (χ4n) is 4.86. The van der Waals surface area contributed by atoms with Crippen molar-refractivity contribution in [2.45, 2.75) is 38.8 Å². The van der Waals surface area contributed by atoms with Gasteiger partial charge in [0.05, 0.1) is 11.0 Å². The highest BCUT2D eigenvalue weighted by molar-refractivity contribution is 9.10. The van der Waals surface area contributed by atoms with Crippen LogP contribution in [0.15, 0.2) is 34.9 Å². The molecule has 0 spiro atoms. The second kappa shape index (κ2) is 10.7. The number of carbonyl (C=O) groups is 1. The topological polar surface area (TPSA) is 76.4 Å². The number of ketones is 1. The average Bonchev–Trinajstić information content (AvgIpc) is 3.25. The second-order valence-electron chi connectivity index (χ2n) is 9.28. The highest BCUT2D eigenvalue weighted by atomic mass is 79.9. The van der Waals surface area contributed by atoms with Crippen LogP contribution in [-0.2, 0) is 6.54 Å². The van der Waals surface area contributed by atoms with Crippen molar-refractivity contribution in [1.82, 2.24) is 19.8 Å². The van der Waals surface area contributed by atoms with Crippen LogP contribution < -0.4 is 4.90 Å². The van der Waals surface area contributed by atoms with Crippen molar-refractivity contribution in [2.75, 3.05) is 44.7 Å². The van der Waals surface area contributed by atoms with Crippen LogP contribution in [0.4, 0.5) is 5.82 Å². The van der Waals surface area contributed by atoms with Crippen molar-refractivity contribution in [3.8, 4) is 6.07 Å². The van der Waals surface area contributed by atoms with E-state index in [-0.39, 0.29) is 24.2 Å². The zero-order chi connectivity index (χ0) is 23.4. The van der Waals surface area contributed by atoms with Crippen molar-refractivity contribution >= 4 is 27.5 Å². The first-order chi connectivity index (χ1) is 15.9. The molecular weight excluding hydrogens is 480 g/mol. The van der Waals surface area contributed by atoms with Crippen molar-refractivity contribution in [3.05, 3.63) is 51.9 Å². The predicted molar refractivity (Wildman–Crippen MR) is 132 cm³/mol. The number of benzene rings is 1. The molecule has 2 fully saturated rings. The van der Waals surface area contributed by atoms with Gasteiger partial charge in [0.25, 0.3) is 0 Å². The Kier molecular flexibility index (Phi) is 7.74. The van der Waals surface area contributed by atoms with E-state index in [1.807, 2.05) is 18.2 Å². The number of hydrogen-bond acceptors (Lipinski definition) is 7. The van der Waals surface area contributed by atoms with Crippen LogP contribution in [0.25, 0.3) is 0 Å². The third kappa shape index (κ3) is 5.78. The van der Waals surface area contributed by atoms with Crippen LogP contribution in [0.3, 0.4) is 0 Å². The van der Waals surface area contributed by atoms with Crippen LogP contribution in [0.5, 0.6) is 0 Å². The normalized spacial score (nSPS) is 21.6. The lowest BCUT2D eigenvalue weighted by molar-refractivity contribution is 0.0995. The molecule has 8 heteroatoms. The Morgan fingerprint density at radius 1 is 1.21 bits per heavy atom. The minimum absolute atomic E-state index is 0.0595. The zero-order valence-corrected chi connectivity index (χ0v) is 21.0. The number of nitriles is 1. The third-order valence-electron chi connectivity index (χ3n) is 6.91. The summed E-state index contributed by atoms with van der Waals surface area (Å²) < 4.78 is 0.705. The number of piperazine rings is 1. The lowest BCUT2D eigenvalue weighted by Gasteiger charge is -2.33. The first-order valence-electron chi connectivity index (χ1n) is 11.7. The van der Waals surface area contributed by atoms with Gasteiger partial charge in [0, 0.05) is 50.5 Å². The van der Waals surface area contributed by atoms with E-state index in [0.29, 0.717) is 21.8 Å². The molecule has 1 aliphatic heterocycles. The van der Waals surface area contributed by atoms with E-state index in [2.05, 4.69) is 66.7 Å². The van der Waals surface area contributed by atoms with Gasteiger partial charge in [-0.05, 0) is 47.3 Å². The number of nitrogens with zero attached hydrogens (tertiary/aromatic N) is 6. The standard InChI is InChI=1S/C25H31BrN6O/c1-18-4-3-5-22(18)32(25-21(26)15-28-24(14-27)29-25)17-23(33)20-8-6-19(7-9-20)16-31-12-10-30(2)11-13-31/h6-9,15,18,22H,3-5,10-13,16-17H2,1-2H3/t18-,22-/m1/s1. The number of halogens is 1. The van der Waals surface area contributed by atoms with E-state index in [4.69, 9.17) is 0 Å². The molecule has 0 unspecified atom stereocenters. The van der Waals surface area contributed by atoms with Crippen LogP contribution in [0.2, 0.25) is 0 Å². The summed E-state index contributed by atoms with van der Waals surface area (Å²) >= 11 is 3.54. The van der Waals surface area contributed by atoms with Crippen molar-refractivity contribution < 1.29 is 4.79 Å². The molecule has 2 aliphatic rings. The molecule has 0 bridgehead atoms. The highest BCUT2D eigenvalue weighted by Gasteiger charge is 2.32. The summed E-state index contributed by atoms with van der Waals surface area (Å²) in [6, 6.07) is 10.3. The Morgan fingerprint density at radius 3 is 2.58 bits per heavy atom. The second-order valence-corrected chi connectivity index (χ2v) is 10.1. The molecule has 0 radical (unpaired) electrons. The summed E-state index contributed by atoms with van der Waals surface area (Å²) in [5, 5.41) is 9.29. The Hall–Kier alpha value is -2.34. The molecule has 1 aromatic heterocycles. The van der Waals surface area contributed by atoms with E-state index in [1.165, 1.54) is 5.56 Å². The van der Waals surface area contributed by atoms with Gasteiger partial charge in [-0.3, -0.25) is 9.69 Å². The molecule has 2 atom stereocenters. The number of anilines is 1. The fourth-order valence-corrected chi connectivity index (χ4v) is 5.28. The molecule has 0 N–H and O–H groups in total. The Bertz CT molecular complexity index is 1010. The Morgan fingerprint density at radius 2 is 1.94 bits per heavy atom. The highest BCUT2D eigenvalue weighted by Crippen LogP contribution is 2.35. The molecule has 1 aromatic carbocycles. The maximum atomic E-state index is 13.3. The van der Waals surface area contributed by atoms with Gasteiger partial charge >= 0.3 is 0 Å². The van der Waals surface area contributed by atoms with E-state index >= 15 is 0 Å². The fraction of sp³-hybridized carbons (Fsp3) is 0.520. The van der Waals surface area contributed by atoms with E-state index in [0.717, 1.165) is 52.0 Å². The van der Waals surface area contributed by atoms with Gasteiger partial charge in [-0.1, -0.05) is 37.6 Å². The third-order valence-corrected chi connectivity index (χ3v) is 7.47. The smallest absolute Gasteiger partial charge is 0.234 e. The molecule has 2 heterocycles. The molecule has 1 saturated heterocycles. The van der Waals surface area contributed by atoms with Gasteiger partial charge in [-0.25, -0.2) is 9.97 Å². The predicted octanol–water partition coefficient (Wildman–Crippen LogP) is 3.74. The SMILES string of the molecule is C[C@@H]1CCC[C@H]1N(CC(=O)c1ccc(CN2CCN(C)CC2)cc1)c1nc(C#N)ncc1Br. The average molecular weight is 511 g/mol. The minimum atomic E-state index is 0.0595. The van der Waals surface area contributed by atoms with Gasteiger partial charge in [0.15, 0.2) is 5.78 Å². The summed E-state index contributed by atoms with van der Waals surface area (Å²) in [6.07, 6.45) is 4.87. The number of hydrogen-bond donors (Lipinski definition) is 0. The number of Topliss-reactive ketones (excluding diaryl/α,β-unsaturated/α-hetero) is 1. The summed E-state index contributed by atoms with van der Waals surface area (Å²) in [6.45, 7) is 7.71. The largest absolute Gasteiger partial charge is 0.345 e. The molecule has 1 saturated carbocycles. The van der Waals surface area contributed by atoms with Gasteiger partial charge in [0.2, 0.25) is 5.82 Å². The van der Waals surface area contributed by atoms with Crippen LogP contribution >= 0.6 is 15.9 Å². The minimum Gasteiger partial charge on any atom is -0.345 e. The molecule has 33 heavy (non-hydrogen) atoms. The van der Waals surface area contributed by atoms with Gasteiger partial charge in [0.1, 0.15) is 11.9 Å². The lowest BCUT2D eigenvalue weighted by Crippen LogP contribution is -2.43. The molecular formula is C25H31BrN6O. The maximum Gasteiger partial charge on any atom is 0.234 e. The molecule has 174 valence electrons. The first-order valence-corrected chi connectivity index (χ1v) is 12.5. The number of carbonyl (C=O) groups excluding carboxylic acids is 1. The van der Waals surface area contributed by atoms with Crippen LogP contribution in [0.1, 0.15) is 47.9 Å². The van der Waals surface area contributed by atoms with Gasteiger partial charge in [-0.15, -0.1) is 0 Å². The Labute approximate surface area is 204 Å². The lowest BCUT2D eigenvalue weighted by atomic mass is 10.0. The van der Waals surface area contributed by atoms with Crippen LogP contribution in [-0.4, -0.2) is 71.4 Å². The molecule has 0 amide bonds. The zero-order valence-electron chi connectivity index (χ0n) is 19.4. The summed E-state index contributed by atoms with van der Waals surface area (Å²) in [4.78, 5) is 28.7. The molecule has 1 aliphatic carbocycles. The van der Waals surface area contributed by atoms with Crippen molar-refractivity contribution in [2.24, 2.45) is 5.92 Å². The molecule has 2 aromatic rings. The van der Waals surface area contributed by atoms with Crippen LogP contribution in [0, 0.1) is 17.2 Å². The number of rotatable bonds is 7. The number of aromatic nitrogens is 2. The molecule has 4 rings (SSSR count). The van der Waals surface area contributed by atoms with Crippen molar-refractivity contribution in [1.29, 1.82) is 5.26 Å². The summed E-state index contributed by atoms with van der Waals surface area (Å²) in [5.41, 5.74) is 1.94. The monoisotopic (exact) mass is 510 g/mol. The van der Waals surface area contributed by atoms with Gasteiger partial charge in [-0.2, -0.15) is 5.26 Å². The Balaban J connectivity index is 1.49. The van der Waals surface area contributed by atoms with Crippen molar-refractivity contribution in [3.63, 3.8) is 0 Å². The van der Waals surface area contributed by atoms with Gasteiger partial charge < -0.3 is 9.80 Å². The summed E-state index contributed by atoms with van der Waals surface area (Å²) in [7, 11) is 2.16. The molecule has 7 nitrogen and oxygen atoms in total. The number of likely N-dealkylation sites (N-methyl/N-ethyl adjacent to an activating group) is 1. The van der Waals surface area contributed by atoms with E-state index < -0.39 is 0 Å². The first kappa shape index (κ1) is 23.8. The summed E-state index contributed by atoms with van der Waals surface area (Å²) in [5.74, 6) is 1.25. The maximum absolute atomic E-state index is 13.3. The quantitative estimate of drug-likeness (QED) is 0.525. The van der Waals surface area contributed by atoms with E-state index in [9.17, 15) is 10.1 Å².